The molecular weight excluding hydrogens is 258 g/mol. The van der Waals surface area contributed by atoms with E-state index in [9.17, 15) is 0 Å². The van der Waals surface area contributed by atoms with Gasteiger partial charge >= 0.3 is 0 Å². The molecule has 0 fully saturated rings. The van der Waals surface area contributed by atoms with Crippen LogP contribution in [-0.4, -0.2) is 19.8 Å². The summed E-state index contributed by atoms with van der Waals surface area (Å²) in [5.74, 6) is 0. The third-order valence-electron chi connectivity index (χ3n) is 3.90. The Balaban J connectivity index is 2.72. The van der Waals surface area contributed by atoms with Gasteiger partial charge in [0, 0.05) is 6.61 Å². The van der Waals surface area contributed by atoms with Crippen molar-refractivity contribution in [1.29, 1.82) is 0 Å². The Kier molecular flexibility index (Phi) is 8.63. The fourth-order valence-corrected chi connectivity index (χ4v) is 2.96. The zero-order valence-corrected chi connectivity index (χ0v) is 14.6. The molecule has 21 heavy (non-hydrogen) atoms. The Bertz CT molecular complexity index is 391. The molecule has 2 heteroatoms. The number of benzene rings is 1. The number of aryl methyl sites for hydroxylation is 3. The van der Waals surface area contributed by atoms with Crippen LogP contribution in [0.4, 0.5) is 0 Å². The maximum Gasteiger partial charge on any atom is 0.0661 e. The van der Waals surface area contributed by atoms with Crippen LogP contribution in [0.15, 0.2) is 12.1 Å². The van der Waals surface area contributed by atoms with E-state index in [0.29, 0.717) is 6.04 Å². The molecule has 1 aromatic carbocycles. The van der Waals surface area contributed by atoms with E-state index in [1.165, 1.54) is 41.5 Å². The van der Waals surface area contributed by atoms with E-state index in [-0.39, 0.29) is 0 Å². The van der Waals surface area contributed by atoms with Crippen molar-refractivity contribution >= 4 is 0 Å². The summed E-state index contributed by atoms with van der Waals surface area (Å²) >= 11 is 0. The summed E-state index contributed by atoms with van der Waals surface area (Å²) in [4.78, 5) is 0. The SMILES string of the molecule is CCCCCOCC(NCCC)c1c(C)cc(C)cc1C. The van der Waals surface area contributed by atoms with Crippen molar-refractivity contribution in [3.8, 4) is 0 Å². The molecule has 0 aliphatic carbocycles. The molecule has 0 heterocycles. The highest BCUT2D eigenvalue weighted by atomic mass is 16.5. The highest BCUT2D eigenvalue weighted by Gasteiger charge is 2.16. The van der Waals surface area contributed by atoms with Crippen LogP contribution in [0.25, 0.3) is 0 Å². The Morgan fingerprint density at radius 3 is 2.24 bits per heavy atom. The second-order valence-corrected chi connectivity index (χ2v) is 6.10. The number of hydrogen-bond donors (Lipinski definition) is 1. The number of rotatable bonds is 10. The van der Waals surface area contributed by atoms with Gasteiger partial charge in [0.1, 0.15) is 0 Å². The monoisotopic (exact) mass is 291 g/mol. The van der Waals surface area contributed by atoms with Gasteiger partial charge in [-0.2, -0.15) is 0 Å². The smallest absolute Gasteiger partial charge is 0.0661 e. The molecule has 0 saturated heterocycles. The zero-order valence-electron chi connectivity index (χ0n) is 14.6. The van der Waals surface area contributed by atoms with Gasteiger partial charge < -0.3 is 10.1 Å². The molecule has 0 amide bonds. The molecule has 1 aromatic rings. The Morgan fingerprint density at radius 1 is 1.00 bits per heavy atom. The van der Waals surface area contributed by atoms with Gasteiger partial charge in [-0.15, -0.1) is 0 Å². The van der Waals surface area contributed by atoms with Crippen LogP contribution in [0.1, 0.15) is 67.8 Å². The lowest BCUT2D eigenvalue weighted by Gasteiger charge is -2.23. The number of unbranched alkanes of at least 4 members (excludes halogenated alkanes) is 2. The summed E-state index contributed by atoms with van der Waals surface area (Å²) in [5, 5.41) is 3.65. The Morgan fingerprint density at radius 2 is 1.67 bits per heavy atom. The second-order valence-electron chi connectivity index (χ2n) is 6.10. The minimum Gasteiger partial charge on any atom is -0.379 e. The van der Waals surface area contributed by atoms with Crippen molar-refractivity contribution in [1.82, 2.24) is 5.32 Å². The first-order valence-electron chi connectivity index (χ1n) is 8.49. The fraction of sp³-hybridized carbons (Fsp3) is 0.684. The number of nitrogens with one attached hydrogen (secondary N) is 1. The minimum atomic E-state index is 0.312. The number of hydrogen-bond acceptors (Lipinski definition) is 2. The molecular formula is C19H33NO. The van der Waals surface area contributed by atoms with Crippen molar-refractivity contribution in [3.63, 3.8) is 0 Å². The average molecular weight is 291 g/mol. The molecule has 1 atom stereocenters. The lowest BCUT2D eigenvalue weighted by molar-refractivity contribution is 0.108. The minimum absolute atomic E-state index is 0.312. The summed E-state index contributed by atoms with van der Waals surface area (Å²) < 4.78 is 5.93. The normalized spacial score (nSPS) is 12.6. The average Bonchev–Trinajstić information content (AvgIpc) is 2.42. The molecule has 0 aliphatic heterocycles. The molecule has 0 saturated carbocycles. The summed E-state index contributed by atoms with van der Waals surface area (Å²) in [5.41, 5.74) is 5.51. The molecule has 0 radical (unpaired) electrons. The van der Waals surface area contributed by atoms with Crippen LogP contribution >= 0.6 is 0 Å². The van der Waals surface area contributed by atoms with Crippen LogP contribution in [0.5, 0.6) is 0 Å². The zero-order chi connectivity index (χ0) is 15.7. The van der Waals surface area contributed by atoms with Crippen LogP contribution < -0.4 is 5.32 Å². The highest BCUT2D eigenvalue weighted by Crippen LogP contribution is 2.24. The van der Waals surface area contributed by atoms with E-state index >= 15 is 0 Å². The molecule has 0 bridgehead atoms. The first kappa shape index (κ1) is 18.2. The van der Waals surface area contributed by atoms with E-state index < -0.39 is 0 Å². The van der Waals surface area contributed by atoms with Gasteiger partial charge in [0.25, 0.3) is 0 Å². The van der Waals surface area contributed by atoms with Gasteiger partial charge in [-0.05, 0) is 56.8 Å². The van der Waals surface area contributed by atoms with Crippen molar-refractivity contribution in [2.45, 2.75) is 66.3 Å². The van der Waals surface area contributed by atoms with Gasteiger partial charge in [-0.3, -0.25) is 0 Å². The predicted molar refractivity (Wildman–Crippen MR) is 92.0 cm³/mol. The van der Waals surface area contributed by atoms with E-state index in [0.717, 1.165) is 26.2 Å². The fourth-order valence-electron chi connectivity index (χ4n) is 2.96. The van der Waals surface area contributed by atoms with Crippen molar-refractivity contribution in [3.05, 3.63) is 34.4 Å². The molecule has 120 valence electrons. The molecule has 0 spiro atoms. The molecule has 1 rings (SSSR count). The standard InChI is InChI=1S/C19H33NO/c1-6-8-9-11-21-14-18(20-10-7-2)19-16(4)12-15(3)13-17(19)5/h12-13,18,20H,6-11,14H2,1-5H3. The third kappa shape index (κ3) is 6.19. The second kappa shape index (κ2) is 9.97. The third-order valence-corrected chi connectivity index (χ3v) is 3.90. The lowest BCUT2D eigenvalue weighted by atomic mass is 9.94. The maximum absolute atomic E-state index is 5.93. The van der Waals surface area contributed by atoms with E-state index in [1.807, 2.05) is 0 Å². The van der Waals surface area contributed by atoms with Crippen LogP contribution in [0, 0.1) is 20.8 Å². The molecule has 0 aromatic heterocycles. The summed E-state index contributed by atoms with van der Waals surface area (Å²) in [6.07, 6.45) is 4.83. The van der Waals surface area contributed by atoms with Gasteiger partial charge in [-0.1, -0.05) is 44.4 Å². The van der Waals surface area contributed by atoms with Crippen molar-refractivity contribution in [2.24, 2.45) is 0 Å². The first-order valence-corrected chi connectivity index (χ1v) is 8.49. The molecule has 1 N–H and O–H groups in total. The van der Waals surface area contributed by atoms with Crippen molar-refractivity contribution in [2.75, 3.05) is 19.8 Å². The topological polar surface area (TPSA) is 21.3 Å². The van der Waals surface area contributed by atoms with E-state index in [4.69, 9.17) is 4.74 Å². The largest absolute Gasteiger partial charge is 0.379 e. The van der Waals surface area contributed by atoms with Gasteiger partial charge in [0.15, 0.2) is 0 Å². The maximum atomic E-state index is 5.93. The van der Waals surface area contributed by atoms with Gasteiger partial charge in [-0.25, -0.2) is 0 Å². The van der Waals surface area contributed by atoms with E-state index in [2.05, 4.69) is 52.1 Å². The number of ether oxygens (including phenoxy) is 1. The van der Waals surface area contributed by atoms with Gasteiger partial charge in [0.05, 0.1) is 12.6 Å². The van der Waals surface area contributed by atoms with Crippen molar-refractivity contribution < 1.29 is 4.74 Å². The summed E-state index contributed by atoms with van der Waals surface area (Å²) in [6.45, 7) is 13.7. The summed E-state index contributed by atoms with van der Waals surface area (Å²) in [7, 11) is 0. The predicted octanol–water partition coefficient (Wildman–Crippen LogP) is 4.86. The highest BCUT2D eigenvalue weighted by molar-refractivity contribution is 5.39. The Hall–Kier alpha value is -0.860. The summed E-state index contributed by atoms with van der Waals surface area (Å²) in [6, 6.07) is 4.87. The van der Waals surface area contributed by atoms with E-state index in [1.54, 1.807) is 0 Å². The van der Waals surface area contributed by atoms with Crippen LogP contribution in [-0.2, 0) is 4.74 Å². The lowest BCUT2D eigenvalue weighted by Crippen LogP contribution is -2.28. The van der Waals surface area contributed by atoms with Crippen LogP contribution in [0.2, 0.25) is 0 Å². The molecule has 1 unspecified atom stereocenters. The first-order chi connectivity index (χ1) is 10.1. The van der Waals surface area contributed by atoms with Gasteiger partial charge in [0.2, 0.25) is 0 Å². The molecule has 0 aliphatic rings. The Labute approximate surface area is 131 Å². The molecule has 2 nitrogen and oxygen atoms in total. The van der Waals surface area contributed by atoms with Crippen LogP contribution in [0.3, 0.4) is 0 Å². The quantitative estimate of drug-likeness (QED) is 0.622.